The van der Waals surface area contributed by atoms with Crippen molar-refractivity contribution in [2.75, 3.05) is 17.7 Å². The van der Waals surface area contributed by atoms with E-state index in [1.807, 2.05) is 24.3 Å². The van der Waals surface area contributed by atoms with E-state index in [9.17, 15) is 14.7 Å². The molecule has 0 saturated heterocycles. The first kappa shape index (κ1) is 23.9. The fraction of sp³-hybridized carbons (Fsp3) is 0.259. The van der Waals surface area contributed by atoms with Crippen LogP contribution in [0.15, 0.2) is 72.8 Å². The summed E-state index contributed by atoms with van der Waals surface area (Å²) in [4.78, 5) is 27.0. The minimum Gasteiger partial charge on any atom is -0.394 e. The van der Waals surface area contributed by atoms with E-state index in [1.165, 1.54) is 22.3 Å². The van der Waals surface area contributed by atoms with Crippen molar-refractivity contribution >= 4 is 29.4 Å². The van der Waals surface area contributed by atoms with Gasteiger partial charge in [0.25, 0.3) is 5.91 Å². The van der Waals surface area contributed by atoms with Gasteiger partial charge in [-0.15, -0.1) is 0 Å². The molecular weight excluding hydrogens is 446 g/mol. The molecule has 0 radical (unpaired) electrons. The molecule has 1 atom stereocenters. The maximum absolute atomic E-state index is 12.6. The summed E-state index contributed by atoms with van der Waals surface area (Å²) in [5.41, 5.74) is 5.88. The minimum atomic E-state index is -0.334. The van der Waals surface area contributed by atoms with E-state index in [0.29, 0.717) is 30.1 Å². The van der Waals surface area contributed by atoms with Crippen molar-refractivity contribution in [1.82, 2.24) is 10.2 Å². The van der Waals surface area contributed by atoms with Gasteiger partial charge in [0.1, 0.15) is 0 Å². The Labute approximate surface area is 204 Å². The molecule has 176 valence electrons. The van der Waals surface area contributed by atoms with Crippen molar-refractivity contribution in [3.05, 3.63) is 101 Å². The topological polar surface area (TPSA) is 81.7 Å². The molecule has 4 rings (SSSR count). The lowest BCUT2D eigenvalue weighted by molar-refractivity contribution is 0.0923. The SMILES string of the molecule is Cc1ccc(CSC[C@@H](CO)NC(=O)c2ccc(NC(=O)N3Cc4ccccc4C3)cc2)cc1. The zero-order valence-corrected chi connectivity index (χ0v) is 20.0. The highest BCUT2D eigenvalue weighted by atomic mass is 32.2. The maximum Gasteiger partial charge on any atom is 0.322 e. The van der Waals surface area contributed by atoms with Gasteiger partial charge in [0.05, 0.1) is 12.6 Å². The normalized spacial score (nSPS) is 13.3. The van der Waals surface area contributed by atoms with Gasteiger partial charge in [-0.25, -0.2) is 4.79 Å². The number of rotatable bonds is 8. The molecule has 0 spiro atoms. The molecule has 0 saturated carbocycles. The van der Waals surface area contributed by atoms with Gasteiger partial charge in [-0.05, 0) is 47.9 Å². The Bertz CT molecular complexity index is 1110. The van der Waals surface area contributed by atoms with E-state index in [4.69, 9.17) is 0 Å². The first-order valence-corrected chi connectivity index (χ1v) is 12.4. The van der Waals surface area contributed by atoms with Crippen molar-refractivity contribution in [1.29, 1.82) is 0 Å². The summed E-state index contributed by atoms with van der Waals surface area (Å²) >= 11 is 1.67. The van der Waals surface area contributed by atoms with Gasteiger partial charge in [0.2, 0.25) is 0 Å². The van der Waals surface area contributed by atoms with Gasteiger partial charge < -0.3 is 20.6 Å². The molecule has 1 heterocycles. The Hall–Kier alpha value is -3.29. The molecule has 6 nitrogen and oxygen atoms in total. The van der Waals surface area contributed by atoms with E-state index in [2.05, 4.69) is 41.8 Å². The number of anilines is 1. The molecule has 3 aromatic carbocycles. The minimum absolute atomic E-state index is 0.126. The van der Waals surface area contributed by atoms with Crippen LogP contribution >= 0.6 is 11.8 Å². The van der Waals surface area contributed by atoms with E-state index < -0.39 is 0 Å². The number of carbonyl (C=O) groups is 2. The Morgan fingerprint density at radius 2 is 1.62 bits per heavy atom. The quantitative estimate of drug-likeness (QED) is 0.446. The van der Waals surface area contributed by atoms with Crippen LogP contribution in [0.2, 0.25) is 0 Å². The molecule has 0 fully saturated rings. The number of aliphatic hydroxyl groups is 1. The summed E-state index contributed by atoms with van der Waals surface area (Å²) in [6, 6.07) is 22.7. The second-order valence-corrected chi connectivity index (χ2v) is 9.52. The molecule has 3 N–H and O–H groups in total. The number of benzene rings is 3. The third-order valence-corrected chi connectivity index (χ3v) is 6.97. The largest absolute Gasteiger partial charge is 0.394 e. The van der Waals surface area contributed by atoms with Crippen LogP contribution in [0.25, 0.3) is 0 Å². The van der Waals surface area contributed by atoms with E-state index >= 15 is 0 Å². The van der Waals surface area contributed by atoms with Crippen LogP contribution < -0.4 is 10.6 Å². The predicted molar refractivity (Wildman–Crippen MR) is 137 cm³/mol. The summed E-state index contributed by atoms with van der Waals surface area (Å²) in [7, 11) is 0. The molecule has 1 aliphatic rings. The first-order chi connectivity index (χ1) is 16.5. The second-order valence-electron chi connectivity index (χ2n) is 8.49. The van der Waals surface area contributed by atoms with Crippen LogP contribution in [0.4, 0.5) is 10.5 Å². The summed E-state index contributed by atoms with van der Waals surface area (Å²) in [5.74, 6) is 1.19. The number of aliphatic hydroxyl groups excluding tert-OH is 1. The summed E-state index contributed by atoms with van der Waals surface area (Å²) in [6.07, 6.45) is 0. The number of amides is 3. The standard InChI is InChI=1S/C27H29N3O3S/c1-19-6-8-20(9-7-19)17-34-18-25(16-31)28-26(32)21-10-12-24(13-11-21)29-27(33)30-14-22-4-2-3-5-23(22)15-30/h2-13,25,31H,14-18H2,1H3,(H,28,32)(H,29,33)/t25-/m1/s1. The summed E-state index contributed by atoms with van der Waals surface area (Å²) < 4.78 is 0. The van der Waals surface area contributed by atoms with Crippen molar-refractivity contribution in [3.63, 3.8) is 0 Å². The smallest absolute Gasteiger partial charge is 0.322 e. The number of nitrogens with one attached hydrogen (secondary N) is 2. The van der Waals surface area contributed by atoms with E-state index in [0.717, 1.165) is 5.75 Å². The fourth-order valence-electron chi connectivity index (χ4n) is 3.80. The van der Waals surface area contributed by atoms with Gasteiger partial charge in [-0.1, -0.05) is 54.1 Å². The number of carbonyl (C=O) groups excluding carboxylic acids is 2. The van der Waals surface area contributed by atoms with Crippen molar-refractivity contribution < 1.29 is 14.7 Å². The van der Waals surface area contributed by atoms with Gasteiger partial charge in [0, 0.05) is 35.8 Å². The summed E-state index contributed by atoms with van der Waals surface area (Å²) in [6.45, 7) is 3.11. The first-order valence-electron chi connectivity index (χ1n) is 11.3. The molecule has 1 aliphatic heterocycles. The number of thioether (sulfide) groups is 1. The Morgan fingerprint density at radius 3 is 2.24 bits per heavy atom. The highest BCUT2D eigenvalue weighted by molar-refractivity contribution is 7.98. The van der Waals surface area contributed by atoms with Gasteiger partial charge >= 0.3 is 6.03 Å². The van der Waals surface area contributed by atoms with E-state index in [-0.39, 0.29) is 24.6 Å². The van der Waals surface area contributed by atoms with Crippen LogP contribution in [0.3, 0.4) is 0 Å². The number of fused-ring (bicyclic) bond motifs is 1. The molecule has 0 bridgehead atoms. The predicted octanol–water partition coefficient (Wildman–Crippen LogP) is 4.57. The molecule has 34 heavy (non-hydrogen) atoms. The van der Waals surface area contributed by atoms with Gasteiger partial charge in [-0.2, -0.15) is 11.8 Å². The lowest BCUT2D eigenvalue weighted by atomic mass is 10.1. The van der Waals surface area contributed by atoms with Crippen LogP contribution in [-0.4, -0.2) is 40.3 Å². The Morgan fingerprint density at radius 1 is 0.971 bits per heavy atom. The summed E-state index contributed by atoms with van der Waals surface area (Å²) in [5, 5.41) is 15.5. The third kappa shape index (κ3) is 6.18. The zero-order valence-electron chi connectivity index (χ0n) is 19.2. The third-order valence-electron chi connectivity index (χ3n) is 5.79. The van der Waals surface area contributed by atoms with Gasteiger partial charge in [-0.3, -0.25) is 4.79 Å². The number of hydrogen-bond acceptors (Lipinski definition) is 4. The van der Waals surface area contributed by atoms with Crippen molar-refractivity contribution in [3.8, 4) is 0 Å². The fourth-order valence-corrected chi connectivity index (χ4v) is 4.82. The highest BCUT2D eigenvalue weighted by Crippen LogP contribution is 2.23. The van der Waals surface area contributed by atoms with Crippen LogP contribution in [0.1, 0.15) is 32.6 Å². The van der Waals surface area contributed by atoms with Crippen LogP contribution in [0, 0.1) is 6.92 Å². The van der Waals surface area contributed by atoms with Crippen LogP contribution in [-0.2, 0) is 18.8 Å². The Kier molecular flexibility index (Phi) is 7.87. The number of urea groups is 1. The second kappa shape index (κ2) is 11.2. The van der Waals surface area contributed by atoms with Crippen molar-refractivity contribution in [2.24, 2.45) is 0 Å². The molecule has 0 aromatic heterocycles. The maximum atomic E-state index is 12.6. The number of hydrogen-bond donors (Lipinski definition) is 3. The van der Waals surface area contributed by atoms with Crippen molar-refractivity contribution in [2.45, 2.75) is 31.8 Å². The molecular formula is C27H29N3O3S. The van der Waals surface area contributed by atoms with Gasteiger partial charge in [0.15, 0.2) is 0 Å². The molecule has 0 unspecified atom stereocenters. The molecule has 3 amide bonds. The average molecular weight is 476 g/mol. The monoisotopic (exact) mass is 475 g/mol. The zero-order chi connectivity index (χ0) is 23.9. The lowest BCUT2D eigenvalue weighted by Gasteiger charge is -2.17. The number of aryl methyl sites for hydroxylation is 1. The molecule has 7 heteroatoms. The average Bonchev–Trinajstić information content (AvgIpc) is 3.29. The van der Waals surface area contributed by atoms with Crippen LogP contribution in [0.5, 0.6) is 0 Å². The Balaban J connectivity index is 1.25. The molecule has 0 aliphatic carbocycles. The highest BCUT2D eigenvalue weighted by Gasteiger charge is 2.23. The lowest BCUT2D eigenvalue weighted by Crippen LogP contribution is -2.39. The molecule has 3 aromatic rings. The van der Waals surface area contributed by atoms with E-state index in [1.54, 1.807) is 40.9 Å². The number of nitrogens with zero attached hydrogens (tertiary/aromatic N) is 1.